The molecule has 2 N–H and O–H groups in total. The minimum Gasteiger partial charge on any atom is -0.391 e. The molecule has 1 aliphatic heterocycles. The van der Waals surface area contributed by atoms with E-state index < -0.39 is 0 Å². The van der Waals surface area contributed by atoms with Crippen LogP contribution >= 0.6 is 0 Å². The van der Waals surface area contributed by atoms with Crippen LogP contribution in [0.4, 0.5) is 11.4 Å². The van der Waals surface area contributed by atoms with Crippen LogP contribution in [0.1, 0.15) is 44.9 Å². The SMILES string of the molecule is O[C@H]1CCCC[C@@H]1Nc1ccc(N2CCCCC2)cc1. The molecule has 0 radical (unpaired) electrons. The van der Waals surface area contributed by atoms with Crippen molar-refractivity contribution in [1.82, 2.24) is 0 Å². The zero-order valence-electron chi connectivity index (χ0n) is 12.2. The van der Waals surface area contributed by atoms with Crippen molar-refractivity contribution in [3.05, 3.63) is 24.3 Å². The summed E-state index contributed by atoms with van der Waals surface area (Å²) in [6.07, 6.45) is 8.20. The summed E-state index contributed by atoms with van der Waals surface area (Å²) in [7, 11) is 0. The van der Waals surface area contributed by atoms with Crippen molar-refractivity contribution in [3.63, 3.8) is 0 Å². The average molecular weight is 274 g/mol. The lowest BCUT2D eigenvalue weighted by Gasteiger charge is -2.30. The van der Waals surface area contributed by atoms with Crippen molar-refractivity contribution >= 4 is 11.4 Å². The normalized spacial score (nSPS) is 27.4. The average Bonchev–Trinajstić information content (AvgIpc) is 2.51. The van der Waals surface area contributed by atoms with E-state index in [2.05, 4.69) is 34.5 Å². The number of nitrogens with one attached hydrogen (secondary N) is 1. The zero-order chi connectivity index (χ0) is 13.8. The number of nitrogens with zero attached hydrogens (tertiary/aromatic N) is 1. The van der Waals surface area contributed by atoms with Gasteiger partial charge in [0.15, 0.2) is 0 Å². The Bertz CT molecular complexity index is 412. The largest absolute Gasteiger partial charge is 0.391 e. The molecule has 0 spiro atoms. The van der Waals surface area contributed by atoms with Crippen molar-refractivity contribution in [1.29, 1.82) is 0 Å². The molecular weight excluding hydrogens is 248 g/mol. The monoisotopic (exact) mass is 274 g/mol. The first-order chi connectivity index (χ1) is 9.83. The van der Waals surface area contributed by atoms with E-state index in [0.717, 1.165) is 24.9 Å². The fourth-order valence-corrected chi connectivity index (χ4v) is 3.41. The number of hydrogen-bond donors (Lipinski definition) is 2. The van der Waals surface area contributed by atoms with Gasteiger partial charge < -0.3 is 15.3 Å². The Morgan fingerprint density at radius 3 is 2.30 bits per heavy atom. The van der Waals surface area contributed by atoms with Crippen LogP contribution in [-0.2, 0) is 0 Å². The third-order valence-corrected chi connectivity index (χ3v) is 4.67. The number of benzene rings is 1. The van der Waals surface area contributed by atoms with Gasteiger partial charge in [0, 0.05) is 24.5 Å². The molecule has 0 amide bonds. The first-order valence-corrected chi connectivity index (χ1v) is 8.12. The summed E-state index contributed by atoms with van der Waals surface area (Å²) in [5.74, 6) is 0. The molecule has 1 aromatic rings. The second kappa shape index (κ2) is 6.49. The van der Waals surface area contributed by atoms with Gasteiger partial charge in [0.1, 0.15) is 0 Å². The van der Waals surface area contributed by atoms with Gasteiger partial charge in [-0.1, -0.05) is 12.8 Å². The Morgan fingerprint density at radius 2 is 1.60 bits per heavy atom. The summed E-state index contributed by atoms with van der Waals surface area (Å²) < 4.78 is 0. The van der Waals surface area contributed by atoms with Crippen LogP contribution in [-0.4, -0.2) is 30.3 Å². The molecule has 1 heterocycles. The second-order valence-corrected chi connectivity index (χ2v) is 6.20. The van der Waals surface area contributed by atoms with E-state index in [0.29, 0.717) is 0 Å². The number of anilines is 2. The van der Waals surface area contributed by atoms with Gasteiger partial charge in [-0.05, 0) is 56.4 Å². The van der Waals surface area contributed by atoms with E-state index in [1.54, 1.807) is 0 Å². The van der Waals surface area contributed by atoms with E-state index in [1.165, 1.54) is 44.5 Å². The van der Waals surface area contributed by atoms with Gasteiger partial charge in [0.25, 0.3) is 0 Å². The Balaban J connectivity index is 1.60. The third-order valence-electron chi connectivity index (χ3n) is 4.67. The van der Waals surface area contributed by atoms with Gasteiger partial charge in [-0.15, -0.1) is 0 Å². The fraction of sp³-hybridized carbons (Fsp3) is 0.647. The Morgan fingerprint density at radius 1 is 0.900 bits per heavy atom. The highest BCUT2D eigenvalue weighted by atomic mass is 16.3. The van der Waals surface area contributed by atoms with Crippen molar-refractivity contribution in [3.8, 4) is 0 Å². The van der Waals surface area contributed by atoms with E-state index in [-0.39, 0.29) is 12.1 Å². The highest BCUT2D eigenvalue weighted by molar-refractivity contribution is 5.55. The van der Waals surface area contributed by atoms with Crippen LogP contribution in [0.15, 0.2) is 24.3 Å². The van der Waals surface area contributed by atoms with Gasteiger partial charge in [-0.3, -0.25) is 0 Å². The molecule has 0 bridgehead atoms. The number of aliphatic hydroxyl groups excluding tert-OH is 1. The maximum Gasteiger partial charge on any atom is 0.0741 e. The summed E-state index contributed by atoms with van der Waals surface area (Å²) in [5.41, 5.74) is 2.47. The minimum absolute atomic E-state index is 0.189. The molecular formula is C17H26N2O. The molecule has 0 aromatic heterocycles. The third kappa shape index (κ3) is 3.26. The molecule has 20 heavy (non-hydrogen) atoms. The number of piperidine rings is 1. The summed E-state index contributed by atoms with van der Waals surface area (Å²) in [6.45, 7) is 2.38. The molecule has 3 heteroatoms. The maximum atomic E-state index is 10.0. The smallest absolute Gasteiger partial charge is 0.0741 e. The minimum atomic E-state index is -0.189. The van der Waals surface area contributed by atoms with Crippen molar-refractivity contribution < 1.29 is 5.11 Å². The summed E-state index contributed by atoms with van der Waals surface area (Å²) in [6, 6.07) is 8.96. The molecule has 1 aliphatic carbocycles. The lowest BCUT2D eigenvalue weighted by atomic mass is 9.92. The molecule has 3 rings (SSSR count). The summed E-state index contributed by atoms with van der Waals surface area (Å²) in [4.78, 5) is 2.47. The van der Waals surface area contributed by atoms with E-state index in [9.17, 15) is 5.11 Å². The van der Waals surface area contributed by atoms with Crippen LogP contribution in [0.25, 0.3) is 0 Å². The molecule has 0 unspecified atom stereocenters. The van der Waals surface area contributed by atoms with Crippen LogP contribution in [0.5, 0.6) is 0 Å². The van der Waals surface area contributed by atoms with Crippen molar-refractivity contribution in [2.75, 3.05) is 23.3 Å². The standard InChI is InChI=1S/C17H26N2O/c20-17-7-3-2-6-16(17)18-14-8-10-15(11-9-14)19-12-4-1-5-13-19/h8-11,16-18,20H,1-7,12-13H2/t16-,17-/m0/s1. The molecule has 1 saturated heterocycles. The predicted octanol–water partition coefficient (Wildman–Crippen LogP) is 3.39. The highest BCUT2D eigenvalue weighted by Crippen LogP contribution is 2.25. The van der Waals surface area contributed by atoms with Crippen LogP contribution in [0.2, 0.25) is 0 Å². The van der Waals surface area contributed by atoms with E-state index >= 15 is 0 Å². The Hall–Kier alpha value is -1.22. The van der Waals surface area contributed by atoms with Crippen LogP contribution in [0, 0.1) is 0 Å². The zero-order valence-corrected chi connectivity index (χ0v) is 12.2. The first kappa shape index (κ1) is 13.7. The fourth-order valence-electron chi connectivity index (χ4n) is 3.41. The molecule has 2 aliphatic rings. The predicted molar refractivity (Wildman–Crippen MR) is 84.4 cm³/mol. The van der Waals surface area contributed by atoms with Gasteiger partial charge >= 0.3 is 0 Å². The van der Waals surface area contributed by atoms with Crippen molar-refractivity contribution in [2.45, 2.75) is 57.1 Å². The molecule has 1 aromatic carbocycles. The first-order valence-electron chi connectivity index (χ1n) is 8.12. The molecule has 2 atom stereocenters. The highest BCUT2D eigenvalue weighted by Gasteiger charge is 2.22. The lowest BCUT2D eigenvalue weighted by molar-refractivity contribution is 0.116. The molecule has 3 nitrogen and oxygen atoms in total. The second-order valence-electron chi connectivity index (χ2n) is 6.20. The lowest BCUT2D eigenvalue weighted by Crippen LogP contribution is -2.36. The molecule has 110 valence electrons. The summed E-state index contributed by atoms with van der Waals surface area (Å²) >= 11 is 0. The quantitative estimate of drug-likeness (QED) is 0.887. The molecule has 1 saturated carbocycles. The maximum absolute atomic E-state index is 10.0. The van der Waals surface area contributed by atoms with Gasteiger partial charge in [-0.25, -0.2) is 0 Å². The molecule has 2 fully saturated rings. The van der Waals surface area contributed by atoms with Crippen molar-refractivity contribution in [2.24, 2.45) is 0 Å². The number of rotatable bonds is 3. The van der Waals surface area contributed by atoms with E-state index in [1.807, 2.05) is 0 Å². The topological polar surface area (TPSA) is 35.5 Å². The van der Waals surface area contributed by atoms with Crippen LogP contribution in [0.3, 0.4) is 0 Å². The summed E-state index contributed by atoms with van der Waals surface area (Å²) in [5, 5.41) is 13.5. The Kier molecular flexibility index (Phi) is 4.46. The van der Waals surface area contributed by atoms with E-state index in [4.69, 9.17) is 0 Å². The Labute approximate surface area is 122 Å². The van der Waals surface area contributed by atoms with Gasteiger partial charge in [0.05, 0.1) is 12.1 Å². The number of aliphatic hydroxyl groups is 1. The van der Waals surface area contributed by atoms with Crippen LogP contribution < -0.4 is 10.2 Å². The van der Waals surface area contributed by atoms with Gasteiger partial charge in [-0.2, -0.15) is 0 Å². The number of hydrogen-bond acceptors (Lipinski definition) is 3. The van der Waals surface area contributed by atoms with Gasteiger partial charge in [0.2, 0.25) is 0 Å².